The monoisotopic (exact) mass is 438 g/mol. The van der Waals surface area contributed by atoms with Crippen LogP contribution in [0.4, 0.5) is 13.2 Å². The number of thiophene rings is 1. The molecule has 0 amide bonds. The van der Waals surface area contributed by atoms with Gasteiger partial charge in [-0.2, -0.15) is 0 Å². The van der Waals surface area contributed by atoms with E-state index in [1.165, 1.54) is 35.6 Å². The van der Waals surface area contributed by atoms with Crippen molar-refractivity contribution in [1.82, 2.24) is 0 Å². The number of hydrogen-bond donors (Lipinski definition) is 1. The Kier molecular flexibility index (Phi) is 6.93. The molecule has 154 valence electrons. The predicted molar refractivity (Wildman–Crippen MR) is 112 cm³/mol. The number of benzene rings is 2. The van der Waals surface area contributed by atoms with Gasteiger partial charge in [-0.15, -0.1) is 11.3 Å². The molecule has 0 spiro atoms. The highest BCUT2D eigenvalue weighted by Gasteiger charge is 2.33. The second-order valence-corrected chi connectivity index (χ2v) is 9.26. The molecule has 2 nitrogen and oxygen atoms in total. The van der Waals surface area contributed by atoms with Crippen LogP contribution in [0.3, 0.4) is 0 Å². The summed E-state index contributed by atoms with van der Waals surface area (Å²) in [6.07, 6.45) is 0.454. The first-order valence-electron chi connectivity index (χ1n) is 9.14. The SMILES string of the molecule is Cc1ccc(-c2ccc(F)cc2CC(F)(F)c2ccc(CCCS(=O)O)cc2)s1. The Morgan fingerprint density at radius 3 is 2.41 bits per heavy atom. The largest absolute Gasteiger partial charge is 0.306 e. The molecular formula is C22H21F3O2S2. The highest BCUT2D eigenvalue weighted by molar-refractivity contribution is 7.79. The van der Waals surface area contributed by atoms with Crippen molar-refractivity contribution < 1.29 is 21.9 Å². The summed E-state index contributed by atoms with van der Waals surface area (Å²) >= 11 is -0.361. The number of halogens is 3. The quantitative estimate of drug-likeness (QED) is 0.416. The predicted octanol–water partition coefficient (Wildman–Crippen LogP) is 6.35. The maximum Gasteiger partial charge on any atom is 0.277 e. The lowest BCUT2D eigenvalue weighted by Gasteiger charge is -2.19. The van der Waals surface area contributed by atoms with Crippen molar-refractivity contribution >= 4 is 22.4 Å². The number of rotatable bonds is 8. The maximum atomic E-state index is 15.0. The van der Waals surface area contributed by atoms with Gasteiger partial charge in [-0.25, -0.2) is 17.4 Å². The summed E-state index contributed by atoms with van der Waals surface area (Å²) < 4.78 is 63.2. The Morgan fingerprint density at radius 1 is 1.07 bits per heavy atom. The Bertz CT molecular complexity index is 998. The molecule has 0 aliphatic heterocycles. The molecule has 0 fully saturated rings. The zero-order valence-corrected chi connectivity index (χ0v) is 17.5. The van der Waals surface area contributed by atoms with Crippen LogP contribution in [0.2, 0.25) is 0 Å². The highest BCUT2D eigenvalue weighted by Crippen LogP contribution is 2.37. The third-order valence-electron chi connectivity index (χ3n) is 4.65. The normalized spacial score (nSPS) is 12.9. The summed E-state index contributed by atoms with van der Waals surface area (Å²) in [6.45, 7) is 1.94. The van der Waals surface area contributed by atoms with Crippen molar-refractivity contribution in [2.24, 2.45) is 0 Å². The molecule has 0 aliphatic rings. The highest BCUT2D eigenvalue weighted by atomic mass is 32.2. The molecule has 1 aromatic heterocycles. The molecule has 1 heterocycles. The van der Waals surface area contributed by atoms with Crippen LogP contribution in [0.5, 0.6) is 0 Å². The van der Waals surface area contributed by atoms with Crippen molar-refractivity contribution in [3.63, 3.8) is 0 Å². The van der Waals surface area contributed by atoms with Crippen LogP contribution in [0.25, 0.3) is 10.4 Å². The fourth-order valence-electron chi connectivity index (χ4n) is 3.18. The molecule has 1 atom stereocenters. The van der Waals surface area contributed by atoms with E-state index >= 15 is 0 Å². The first kappa shape index (κ1) is 21.7. The molecule has 29 heavy (non-hydrogen) atoms. The molecule has 0 bridgehead atoms. The molecule has 3 aromatic rings. The minimum absolute atomic E-state index is 0.135. The minimum atomic E-state index is -3.15. The van der Waals surface area contributed by atoms with Gasteiger partial charge < -0.3 is 4.55 Å². The number of hydrogen-bond acceptors (Lipinski definition) is 2. The van der Waals surface area contributed by atoms with E-state index in [4.69, 9.17) is 4.55 Å². The molecule has 0 aliphatic carbocycles. The topological polar surface area (TPSA) is 37.3 Å². The van der Waals surface area contributed by atoms with Crippen molar-refractivity contribution in [3.8, 4) is 10.4 Å². The second-order valence-electron chi connectivity index (χ2n) is 6.92. The average Bonchev–Trinajstić information content (AvgIpc) is 3.08. The van der Waals surface area contributed by atoms with Crippen LogP contribution in [0.15, 0.2) is 54.6 Å². The lowest BCUT2D eigenvalue weighted by Crippen LogP contribution is -2.17. The Balaban J connectivity index is 1.80. The van der Waals surface area contributed by atoms with Crippen molar-refractivity contribution in [2.75, 3.05) is 5.75 Å². The van der Waals surface area contributed by atoms with E-state index in [1.54, 1.807) is 18.2 Å². The number of aryl methyl sites for hydroxylation is 2. The van der Waals surface area contributed by atoms with E-state index in [9.17, 15) is 17.4 Å². The van der Waals surface area contributed by atoms with Gasteiger partial charge in [0, 0.05) is 27.5 Å². The number of alkyl halides is 2. The van der Waals surface area contributed by atoms with Gasteiger partial charge in [0.05, 0.1) is 0 Å². The molecule has 1 unspecified atom stereocenters. The first-order valence-corrected chi connectivity index (χ1v) is 11.2. The minimum Gasteiger partial charge on any atom is -0.306 e. The third-order valence-corrected chi connectivity index (χ3v) is 6.32. The van der Waals surface area contributed by atoms with Gasteiger partial charge in [0.1, 0.15) is 5.82 Å². The molecule has 2 aromatic carbocycles. The van der Waals surface area contributed by atoms with Gasteiger partial charge >= 0.3 is 0 Å². The zero-order chi connectivity index (χ0) is 21.0. The zero-order valence-electron chi connectivity index (χ0n) is 15.8. The fourth-order valence-corrected chi connectivity index (χ4v) is 4.50. The van der Waals surface area contributed by atoms with Gasteiger partial charge in [0.2, 0.25) is 0 Å². The van der Waals surface area contributed by atoms with E-state index < -0.39 is 29.2 Å². The van der Waals surface area contributed by atoms with Gasteiger partial charge in [-0.3, -0.25) is 0 Å². The smallest absolute Gasteiger partial charge is 0.277 e. The van der Waals surface area contributed by atoms with E-state index in [-0.39, 0.29) is 16.9 Å². The molecule has 0 saturated carbocycles. The van der Waals surface area contributed by atoms with Crippen LogP contribution in [-0.2, 0) is 29.8 Å². The summed E-state index contributed by atoms with van der Waals surface area (Å²) in [6, 6.07) is 13.8. The Hall–Kier alpha value is -1.96. The van der Waals surface area contributed by atoms with Crippen LogP contribution in [0, 0.1) is 12.7 Å². The lowest BCUT2D eigenvalue weighted by molar-refractivity contribution is -0.00376. The van der Waals surface area contributed by atoms with Crippen LogP contribution >= 0.6 is 11.3 Å². The molecular weight excluding hydrogens is 417 g/mol. The summed E-state index contributed by atoms with van der Waals surface area (Å²) in [5.74, 6) is -3.54. The summed E-state index contributed by atoms with van der Waals surface area (Å²) in [5, 5.41) is 0. The molecule has 0 radical (unpaired) electrons. The Morgan fingerprint density at radius 2 is 1.79 bits per heavy atom. The van der Waals surface area contributed by atoms with Gasteiger partial charge in [0.15, 0.2) is 11.1 Å². The standard InChI is InChI=1S/C22H21F3O2S2/c1-15-4-11-21(28-15)20-10-9-19(23)13-17(20)14-22(24,25)18-7-5-16(6-8-18)3-2-12-29(26)27/h4-11,13H,2-3,12,14H2,1H3,(H,26,27). The van der Waals surface area contributed by atoms with Gasteiger partial charge in [0.25, 0.3) is 5.92 Å². The lowest BCUT2D eigenvalue weighted by atomic mass is 9.95. The Labute approximate surface area is 174 Å². The molecule has 0 saturated heterocycles. The first-order chi connectivity index (χ1) is 13.7. The molecule has 1 N–H and O–H groups in total. The van der Waals surface area contributed by atoms with Crippen LogP contribution in [-0.4, -0.2) is 14.5 Å². The van der Waals surface area contributed by atoms with E-state index in [0.717, 1.165) is 15.3 Å². The summed E-state index contributed by atoms with van der Waals surface area (Å²) in [4.78, 5) is 1.90. The van der Waals surface area contributed by atoms with E-state index in [1.807, 2.05) is 19.1 Å². The van der Waals surface area contributed by atoms with Gasteiger partial charge in [-0.05, 0) is 60.7 Å². The average molecular weight is 439 g/mol. The van der Waals surface area contributed by atoms with E-state index in [0.29, 0.717) is 18.4 Å². The summed E-state index contributed by atoms with van der Waals surface area (Å²) in [7, 11) is 0. The third kappa shape index (κ3) is 5.78. The fraction of sp³-hybridized carbons (Fsp3) is 0.273. The molecule has 3 rings (SSSR count). The van der Waals surface area contributed by atoms with Crippen molar-refractivity contribution in [1.29, 1.82) is 0 Å². The maximum absolute atomic E-state index is 15.0. The summed E-state index contributed by atoms with van der Waals surface area (Å²) in [5.41, 5.74) is 1.59. The van der Waals surface area contributed by atoms with E-state index in [2.05, 4.69) is 0 Å². The van der Waals surface area contributed by atoms with Gasteiger partial charge in [-0.1, -0.05) is 30.3 Å². The van der Waals surface area contributed by atoms with Crippen molar-refractivity contribution in [3.05, 3.63) is 82.0 Å². The van der Waals surface area contributed by atoms with Crippen molar-refractivity contribution in [2.45, 2.75) is 32.1 Å². The van der Waals surface area contributed by atoms with Crippen LogP contribution < -0.4 is 0 Å². The second kappa shape index (κ2) is 9.24. The molecule has 7 heteroatoms. The van der Waals surface area contributed by atoms with Crippen LogP contribution in [0.1, 0.15) is 28.0 Å².